The number of likely N-dealkylation sites (N-methyl/N-ethyl adjacent to an activating group) is 1. The van der Waals surface area contributed by atoms with Gasteiger partial charge in [-0.15, -0.1) is 0 Å². The Bertz CT molecular complexity index is 407. The van der Waals surface area contributed by atoms with Crippen LogP contribution >= 0.6 is 23.2 Å². The second-order valence-electron chi connectivity index (χ2n) is 3.32. The summed E-state index contributed by atoms with van der Waals surface area (Å²) >= 11 is 12.1. The maximum Gasteiger partial charge on any atom is 0.151 e. The monoisotopic (exact) mass is 261 g/mol. The number of benzene rings is 1. The molecule has 0 amide bonds. The molecule has 5 heteroatoms. The van der Waals surface area contributed by atoms with Gasteiger partial charge in [0.2, 0.25) is 0 Å². The molecule has 1 rings (SSSR count). The van der Waals surface area contributed by atoms with Crippen LogP contribution in [-0.2, 0) is 4.79 Å². The molecule has 1 aromatic carbocycles. The van der Waals surface area contributed by atoms with Crippen molar-refractivity contribution in [1.82, 2.24) is 5.32 Å². The summed E-state index contributed by atoms with van der Waals surface area (Å²) in [6.07, 6.45) is 0. The number of hydrogen-bond acceptors (Lipinski definition) is 3. The van der Waals surface area contributed by atoms with E-state index in [0.29, 0.717) is 21.4 Å². The first-order chi connectivity index (χ1) is 7.52. The third-order valence-electron chi connectivity index (χ3n) is 2.30. The molecule has 1 N–H and O–H groups in total. The van der Waals surface area contributed by atoms with Crippen molar-refractivity contribution in [3.63, 3.8) is 0 Å². The third-order valence-corrected chi connectivity index (χ3v) is 3.18. The standard InChI is InChI=1S/C11H13Cl2NO2/c1-6(15)11(14-2)7-4-5-8(16-3)10(13)9(7)12/h4-5,11,14H,1-3H3. The Kier molecular flexibility index (Phi) is 4.59. The summed E-state index contributed by atoms with van der Waals surface area (Å²) in [4.78, 5) is 11.4. The van der Waals surface area contributed by atoms with E-state index in [4.69, 9.17) is 27.9 Å². The molecule has 0 heterocycles. The number of hydrogen-bond donors (Lipinski definition) is 1. The Hall–Kier alpha value is -0.770. The molecule has 0 fully saturated rings. The molecule has 0 saturated heterocycles. The molecular weight excluding hydrogens is 249 g/mol. The first-order valence-corrected chi connectivity index (χ1v) is 5.48. The van der Waals surface area contributed by atoms with Crippen LogP contribution in [0.15, 0.2) is 12.1 Å². The van der Waals surface area contributed by atoms with E-state index < -0.39 is 6.04 Å². The van der Waals surface area contributed by atoms with Gasteiger partial charge in [0.25, 0.3) is 0 Å². The molecular formula is C11H13Cl2NO2. The molecule has 0 aliphatic heterocycles. The zero-order valence-electron chi connectivity index (χ0n) is 9.30. The maximum atomic E-state index is 11.4. The fourth-order valence-corrected chi connectivity index (χ4v) is 2.02. The minimum atomic E-state index is -0.448. The van der Waals surface area contributed by atoms with Crippen molar-refractivity contribution in [3.05, 3.63) is 27.7 Å². The average Bonchev–Trinajstić information content (AvgIpc) is 2.25. The number of methoxy groups -OCH3 is 1. The van der Waals surface area contributed by atoms with E-state index in [1.807, 2.05) is 0 Å². The fourth-order valence-electron chi connectivity index (χ4n) is 1.51. The van der Waals surface area contributed by atoms with Crippen LogP contribution in [0.4, 0.5) is 0 Å². The van der Waals surface area contributed by atoms with Gasteiger partial charge in [0.15, 0.2) is 5.78 Å². The number of ketones is 1. The van der Waals surface area contributed by atoms with Gasteiger partial charge in [0.1, 0.15) is 10.8 Å². The number of ether oxygens (including phenoxy) is 1. The highest BCUT2D eigenvalue weighted by atomic mass is 35.5. The van der Waals surface area contributed by atoms with Gasteiger partial charge in [0.05, 0.1) is 18.2 Å². The number of carbonyl (C=O) groups excluding carboxylic acids is 1. The van der Waals surface area contributed by atoms with Crippen LogP contribution in [0.3, 0.4) is 0 Å². The summed E-state index contributed by atoms with van der Waals surface area (Å²) in [5, 5.41) is 3.56. The summed E-state index contributed by atoms with van der Waals surface area (Å²) in [7, 11) is 3.21. The van der Waals surface area contributed by atoms with Crippen LogP contribution in [-0.4, -0.2) is 19.9 Å². The Morgan fingerprint density at radius 2 is 2.00 bits per heavy atom. The Balaban J connectivity index is 3.25. The summed E-state index contributed by atoms with van der Waals surface area (Å²) < 4.78 is 5.03. The van der Waals surface area contributed by atoms with Crippen LogP contribution in [0.5, 0.6) is 5.75 Å². The van der Waals surface area contributed by atoms with Crippen LogP contribution in [0.25, 0.3) is 0 Å². The van der Waals surface area contributed by atoms with E-state index in [0.717, 1.165) is 0 Å². The first-order valence-electron chi connectivity index (χ1n) is 4.72. The molecule has 0 bridgehead atoms. The van der Waals surface area contributed by atoms with Gasteiger partial charge in [0, 0.05) is 0 Å². The first kappa shape index (κ1) is 13.3. The van der Waals surface area contributed by atoms with E-state index >= 15 is 0 Å². The summed E-state index contributed by atoms with van der Waals surface area (Å²) in [5.74, 6) is 0.472. The average molecular weight is 262 g/mol. The van der Waals surface area contributed by atoms with Gasteiger partial charge in [-0.2, -0.15) is 0 Å². The normalized spacial score (nSPS) is 12.3. The molecule has 0 radical (unpaired) electrons. The van der Waals surface area contributed by atoms with Crippen LogP contribution in [0, 0.1) is 0 Å². The predicted molar refractivity (Wildman–Crippen MR) is 65.5 cm³/mol. The van der Waals surface area contributed by atoms with E-state index in [-0.39, 0.29) is 5.78 Å². The summed E-state index contributed by atoms with van der Waals surface area (Å²) in [6.45, 7) is 1.50. The van der Waals surface area contributed by atoms with E-state index in [1.54, 1.807) is 19.2 Å². The van der Waals surface area contributed by atoms with Gasteiger partial charge in [-0.1, -0.05) is 29.3 Å². The van der Waals surface area contributed by atoms with Crippen LogP contribution in [0.2, 0.25) is 10.0 Å². The van der Waals surface area contributed by atoms with Gasteiger partial charge in [-0.3, -0.25) is 4.79 Å². The highest BCUT2D eigenvalue weighted by Gasteiger charge is 2.20. The largest absolute Gasteiger partial charge is 0.495 e. The Morgan fingerprint density at radius 3 is 2.44 bits per heavy atom. The molecule has 0 spiro atoms. The Labute approximate surface area is 105 Å². The molecule has 1 atom stereocenters. The van der Waals surface area contributed by atoms with Crippen molar-refractivity contribution in [2.45, 2.75) is 13.0 Å². The molecule has 1 aromatic rings. The van der Waals surface area contributed by atoms with Gasteiger partial charge >= 0.3 is 0 Å². The van der Waals surface area contributed by atoms with Crippen molar-refractivity contribution in [2.75, 3.05) is 14.2 Å². The van der Waals surface area contributed by atoms with Crippen LogP contribution < -0.4 is 10.1 Å². The number of rotatable bonds is 4. The molecule has 0 saturated carbocycles. The van der Waals surface area contributed by atoms with Gasteiger partial charge in [-0.05, 0) is 25.6 Å². The van der Waals surface area contributed by atoms with Crippen molar-refractivity contribution >= 4 is 29.0 Å². The molecule has 0 aliphatic rings. The minimum Gasteiger partial charge on any atom is -0.495 e. The lowest BCUT2D eigenvalue weighted by Crippen LogP contribution is -2.23. The van der Waals surface area contributed by atoms with Crippen molar-refractivity contribution in [1.29, 1.82) is 0 Å². The zero-order chi connectivity index (χ0) is 12.3. The topological polar surface area (TPSA) is 38.3 Å². The zero-order valence-corrected chi connectivity index (χ0v) is 10.8. The minimum absolute atomic E-state index is 0.0226. The number of Topliss-reactive ketones (excluding diaryl/α,β-unsaturated/α-hetero) is 1. The van der Waals surface area contributed by atoms with Crippen molar-refractivity contribution in [2.24, 2.45) is 0 Å². The smallest absolute Gasteiger partial charge is 0.151 e. The molecule has 1 unspecified atom stereocenters. The summed E-state index contributed by atoms with van der Waals surface area (Å²) in [6, 6.07) is 2.97. The van der Waals surface area contributed by atoms with E-state index in [2.05, 4.69) is 5.32 Å². The third kappa shape index (κ3) is 2.48. The maximum absolute atomic E-state index is 11.4. The molecule has 88 valence electrons. The quantitative estimate of drug-likeness (QED) is 0.906. The van der Waals surface area contributed by atoms with Crippen molar-refractivity contribution in [3.8, 4) is 5.75 Å². The number of nitrogens with one attached hydrogen (secondary N) is 1. The second-order valence-corrected chi connectivity index (χ2v) is 4.07. The SMILES string of the molecule is CNC(C(C)=O)c1ccc(OC)c(Cl)c1Cl. The van der Waals surface area contributed by atoms with Crippen LogP contribution in [0.1, 0.15) is 18.5 Å². The highest BCUT2D eigenvalue weighted by Crippen LogP contribution is 2.37. The number of carbonyl (C=O) groups is 1. The van der Waals surface area contributed by atoms with Crippen molar-refractivity contribution < 1.29 is 9.53 Å². The lowest BCUT2D eigenvalue weighted by molar-refractivity contribution is -0.119. The van der Waals surface area contributed by atoms with Gasteiger partial charge in [-0.25, -0.2) is 0 Å². The lowest BCUT2D eigenvalue weighted by atomic mass is 10.0. The van der Waals surface area contributed by atoms with Gasteiger partial charge < -0.3 is 10.1 Å². The Morgan fingerprint density at radius 1 is 1.38 bits per heavy atom. The van der Waals surface area contributed by atoms with E-state index in [9.17, 15) is 4.79 Å². The predicted octanol–water partition coefficient (Wildman–Crippen LogP) is 2.85. The summed E-state index contributed by atoms with van der Waals surface area (Å²) in [5.41, 5.74) is 0.655. The fraction of sp³-hybridized carbons (Fsp3) is 0.364. The highest BCUT2D eigenvalue weighted by molar-refractivity contribution is 6.43. The number of halogens is 2. The molecule has 3 nitrogen and oxygen atoms in total. The van der Waals surface area contributed by atoms with E-state index in [1.165, 1.54) is 14.0 Å². The molecule has 0 aromatic heterocycles. The molecule has 0 aliphatic carbocycles. The lowest BCUT2D eigenvalue weighted by Gasteiger charge is -2.16. The molecule has 16 heavy (non-hydrogen) atoms. The second kappa shape index (κ2) is 5.53.